The second-order valence-corrected chi connectivity index (χ2v) is 3.91. The number of rotatable bonds is 1. The van der Waals surface area contributed by atoms with Crippen molar-refractivity contribution >= 4 is 11.0 Å². The van der Waals surface area contributed by atoms with Gasteiger partial charge in [-0.15, -0.1) is 0 Å². The van der Waals surface area contributed by atoms with Crippen LogP contribution in [0, 0.1) is 0 Å². The van der Waals surface area contributed by atoms with Gasteiger partial charge in [-0.1, -0.05) is 0 Å². The van der Waals surface area contributed by atoms with Crippen molar-refractivity contribution in [2.75, 3.05) is 0 Å². The Hall–Kier alpha value is -2.63. The lowest BCUT2D eigenvalue weighted by Gasteiger charge is -2.00. The number of aromatic nitrogens is 3. The second kappa shape index (κ2) is 3.69. The summed E-state index contributed by atoms with van der Waals surface area (Å²) in [5.41, 5.74) is 0.208. The molecule has 0 spiro atoms. The fraction of sp³-hybridized carbons (Fsp3) is 0.0833. The van der Waals surface area contributed by atoms with Crippen LogP contribution in [0.1, 0.15) is 0 Å². The highest BCUT2D eigenvalue weighted by Gasteiger charge is 2.17. The van der Waals surface area contributed by atoms with Gasteiger partial charge < -0.3 is 4.42 Å². The largest absolute Gasteiger partial charge is 0.464 e. The number of H-pyrrole nitrogens is 2. The molecule has 3 heterocycles. The molecule has 0 unspecified atom stereocenters. The van der Waals surface area contributed by atoms with E-state index < -0.39 is 11.2 Å². The molecular formula is C12H10N3O3+. The number of hydrogen-bond donors (Lipinski definition) is 1. The van der Waals surface area contributed by atoms with Gasteiger partial charge in [-0.05, 0) is 18.2 Å². The van der Waals surface area contributed by atoms with Crippen molar-refractivity contribution in [3.63, 3.8) is 0 Å². The molecule has 0 radical (unpaired) electrons. The summed E-state index contributed by atoms with van der Waals surface area (Å²) >= 11 is 0. The van der Waals surface area contributed by atoms with Gasteiger partial charge in [-0.3, -0.25) is 9.78 Å². The topological polar surface area (TPSA) is 82.1 Å². The molecule has 0 aliphatic heterocycles. The van der Waals surface area contributed by atoms with Gasteiger partial charge in [0.25, 0.3) is 11.2 Å². The van der Waals surface area contributed by atoms with Crippen molar-refractivity contribution in [2.24, 2.45) is 7.05 Å². The van der Waals surface area contributed by atoms with E-state index in [1.54, 1.807) is 31.4 Å². The number of nitrogens with zero attached hydrogens (tertiary/aromatic N) is 1. The zero-order chi connectivity index (χ0) is 12.7. The summed E-state index contributed by atoms with van der Waals surface area (Å²) in [6, 6.07) is 5.24. The first-order chi connectivity index (χ1) is 8.68. The molecule has 6 nitrogen and oxygen atoms in total. The summed E-state index contributed by atoms with van der Waals surface area (Å²) < 4.78 is 6.65. The Kier molecular flexibility index (Phi) is 2.16. The first-order valence-corrected chi connectivity index (χ1v) is 5.36. The molecule has 0 aliphatic rings. The molecule has 3 aromatic rings. The molecule has 90 valence electrons. The van der Waals surface area contributed by atoms with Gasteiger partial charge in [0.15, 0.2) is 0 Å². The third-order valence-corrected chi connectivity index (χ3v) is 2.85. The first kappa shape index (κ1) is 10.5. The Bertz CT molecular complexity index is 828. The minimum Gasteiger partial charge on any atom is -0.464 e. The lowest BCUT2D eigenvalue weighted by molar-refractivity contribution is -0.349. The standard InChI is InChI=1S/C12H9N3O3/c1-15-10-9(11(16)14-12(15)17)7(4-5-13-10)8-3-2-6-18-8/h2-6H,1H3,(H,14,16,17)/p+1. The molecule has 3 aromatic heterocycles. The first-order valence-electron chi connectivity index (χ1n) is 5.36. The van der Waals surface area contributed by atoms with E-state index in [0.29, 0.717) is 22.4 Å². The zero-order valence-corrected chi connectivity index (χ0v) is 9.56. The summed E-state index contributed by atoms with van der Waals surface area (Å²) in [7, 11) is 1.59. The predicted molar refractivity (Wildman–Crippen MR) is 64.1 cm³/mol. The number of hydrogen-bond acceptors (Lipinski definition) is 3. The summed E-state index contributed by atoms with van der Waals surface area (Å²) in [5, 5.41) is 0.398. The van der Waals surface area contributed by atoms with Gasteiger partial charge in [0.1, 0.15) is 11.1 Å². The Morgan fingerprint density at radius 3 is 2.89 bits per heavy atom. The average molecular weight is 244 g/mol. The summed E-state index contributed by atoms with van der Waals surface area (Å²) in [6.07, 6.45) is 3.20. The average Bonchev–Trinajstić information content (AvgIpc) is 2.89. The van der Waals surface area contributed by atoms with Gasteiger partial charge in [-0.2, -0.15) is 4.57 Å². The van der Waals surface area contributed by atoms with Crippen LogP contribution >= 0.6 is 0 Å². The van der Waals surface area contributed by atoms with E-state index in [0.717, 1.165) is 0 Å². The summed E-state index contributed by atoms with van der Waals surface area (Å²) in [4.78, 5) is 28.6. The smallest absolute Gasteiger partial charge is 0.415 e. The van der Waals surface area contributed by atoms with Crippen LogP contribution in [0.2, 0.25) is 0 Å². The van der Waals surface area contributed by atoms with Crippen molar-refractivity contribution in [3.05, 3.63) is 51.5 Å². The van der Waals surface area contributed by atoms with E-state index >= 15 is 0 Å². The highest BCUT2D eigenvalue weighted by atomic mass is 16.3. The van der Waals surface area contributed by atoms with E-state index in [4.69, 9.17) is 4.42 Å². The van der Waals surface area contributed by atoms with Crippen LogP contribution in [0.4, 0.5) is 0 Å². The number of aromatic amines is 2. The van der Waals surface area contributed by atoms with Crippen LogP contribution in [0.25, 0.3) is 22.4 Å². The Balaban J connectivity index is 2.53. The third kappa shape index (κ3) is 1.39. The van der Waals surface area contributed by atoms with Crippen LogP contribution in [0.5, 0.6) is 0 Å². The molecular weight excluding hydrogens is 234 g/mol. The minimum atomic E-state index is -0.458. The molecule has 2 N–H and O–H groups in total. The van der Waals surface area contributed by atoms with E-state index in [9.17, 15) is 9.59 Å². The maximum absolute atomic E-state index is 11.9. The molecule has 0 aromatic carbocycles. The van der Waals surface area contributed by atoms with Crippen LogP contribution < -0.4 is 16.2 Å². The van der Waals surface area contributed by atoms with Gasteiger partial charge in [-0.25, -0.2) is 9.78 Å². The molecule has 0 fully saturated rings. The normalized spacial score (nSPS) is 10.9. The predicted octanol–water partition coefficient (Wildman–Crippen LogP) is 0.301. The third-order valence-electron chi connectivity index (χ3n) is 2.85. The minimum absolute atomic E-state index is 0.398. The number of pyridine rings is 1. The Morgan fingerprint density at radius 2 is 2.17 bits per heavy atom. The van der Waals surface area contributed by atoms with E-state index in [2.05, 4.69) is 9.97 Å². The molecule has 0 bridgehead atoms. The fourth-order valence-corrected chi connectivity index (χ4v) is 1.96. The highest BCUT2D eigenvalue weighted by Crippen LogP contribution is 2.23. The van der Waals surface area contributed by atoms with Gasteiger partial charge in [0, 0.05) is 5.56 Å². The number of fused-ring (bicyclic) bond motifs is 1. The highest BCUT2D eigenvalue weighted by molar-refractivity contribution is 5.88. The van der Waals surface area contributed by atoms with Crippen molar-refractivity contribution in [1.29, 1.82) is 0 Å². The van der Waals surface area contributed by atoms with E-state index in [1.807, 2.05) is 0 Å². The molecule has 6 heteroatoms. The van der Waals surface area contributed by atoms with Gasteiger partial charge in [0.2, 0.25) is 0 Å². The van der Waals surface area contributed by atoms with Crippen molar-refractivity contribution in [3.8, 4) is 11.3 Å². The number of furan rings is 1. The number of nitrogens with one attached hydrogen (secondary N) is 2. The lowest BCUT2D eigenvalue weighted by atomic mass is 10.1. The molecule has 0 saturated heterocycles. The SMILES string of the molecule is Cn1c(=O)[nH]c(=O)c2c(-c3ccco3)cc[nH+]c21. The monoisotopic (exact) mass is 244 g/mol. The van der Waals surface area contributed by atoms with E-state index in [-0.39, 0.29) is 0 Å². The molecule has 0 aliphatic carbocycles. The number of aryl methyl sites for hydroxylation is 1. The quantitative estimate of drug-likeness (QED) is 0.668. The van der Waals surface area contributed by atoms with Crippen LogP contribution in [0.15, 0.2) is 44.7 Å². The van der Waals surface area contributed by atoms with E-state index in [1.165, 1.54) is 10.8 Å². The van der Waals surface area contributed by atoms with Crippen molar-refractivity contribution < 1.29 is 9.40 Å². The van der Waals surface area contributed by atoms with Crippen molar-refractivity contribution in [2.45, 2.75) is 0 Å². The molecule has 0 saturated carbocycles. The molecule has 0 amide bonds. The molecule has 18 heavy (non-hydrogen) atoms. The molecule has 0 atom stereocenters. The Morgan fingerprint density at radius 1 is 1.33 bits per heavy atom. The lowest BCUT2D eigenvalue weighted by Crippen LogP contribution is -2.32. The van der Waals surface area contributed by atoms with Crippen LogP contribution in [-0.4, -0.2) is 9.55 Å². The van der Waals surface area contributed by atoms with Crippen molar-refractivity contribution in [1.82, 2.24) is 9.55 Å². The fourth-order valence-electron chi connectivity index (χ4n) is 1.96. The second-order valence-electron chi connectivity index (χ2n) is 3.91. The summed E-state index contributed by atoms with van der Waals surface area (Å²) in [5.74, 6) is 0.582. The maximum Gasteiger partial charge on any atom is 0.415 e. The van der Waals surface area contributed by atoms with Crippen LogP contribution in [0.3, 0.4) is 0 Å². The van der Waals surface area contributed by atoms with Crippen LogP contribution in [-0.2, 0) is 7.05 Å². The van der Waals surface area contributed by atoms with Gasteiger partial charge >= 0.3 is 5.69 Å². The van der Waals surface area contributed by atoms with Gasteiger partial charge in [0.05, 0.1) is 19.5 Å². The molecule has 3 rings (SSSR count). The zero-order valence-electron chi connectivity index (χ0n) is 9.56. The Labute approximate surface area is 101 Å². The maximum atomic E-state index is 11.9. The summed E-state index contributed by atoms with van der Waals surface area (Å²) in [6.45, 7) is 0.